The molecule has 1 saturated heterocycles. The Labute approximate surface area is 148 Å². The Balaban J connectivity index is 2.24. The van der Waals surface area contributed by atoms with E-state index in [0.29, 0.717) is 18.6 Å². The van der Waals surface area contributed by atoms with Gasteiger partial charge < -0.3 is 40.0 Å². The fourth-order valence-corrected chi connectivity index (χ4v) is 2.57. The molecule has 1 fully saturated rings. The zero-order valence-corrected chi connectivity index (χ0v) is 13.9. The fourth-order valence-electron chi connectivity index (χ4n) is 2.57. The van der Waals surface area contributed by atoms with Gasteiger partial charge in [-0.3, -0.25) is 4.79 Å². The van der Waals surface area contributed by atoms with Crippen molar-refractivity contribution in [3.8, 4) is 5.75 Å². The maximum Gasteiger partial charge on any atom is 0.335 e. The summed E-state index contributed by atoms with van der Waals surface area (Å²) in [5.74, 6) is -1.30. The normalized spacial score (nSPS) is 28.4. The van der Waals surface area contributed by atoms with Crippen molar-refractivity contribution in [1.82, 2.24) is 5.32 Å². The number of methoxy groups -OCH3 is 1. The minimum Gasteiger partial charge on any atom is -0.479 e. The van der Waals surface area contributed by atoms with Gasteiger partial charge in [0.1, 0.15) is 24.1 Å². The number of aliphatic carboxylic acids is 1. The summed E-state index contributed by atoms with van der Waals surface area (Å²) >= 11 is 0. The second-order valence-corrected chi connectivity index (χ2v) is 5.73. The third-order valence-corrected chi connectivity index (χ3v) is 3.87. The highest BCUT2D eigenvalue weighted by atomic mass is 16.7. The number of aliphatic hydroxyl groups excluding tert-OH is 3. The molecule has 0 saturated carbocycles. The van der Waals surface area contributed by atoms with Crippen LogP contribution in [0, 0.1) is 0 Å². The Kier molecular flexibility index (Phi) is 6.89. The van der Waals surface area contributed by atoms with Gasteiger partial charge in [-0.05, 0) is 17.7 Å². The summed E-state index contributed by atoms with van der Waals surface area (Å²) in [6.45, 7) is 0.426. The van der Waals surface area contributed by atoms with Crippen LogP contribution in [0.2, 0.25) is 0 Å². The fraction of sp³-hybridized carbons (Fsp3) is 0.500. The number of nitrogens with one attached hydrogen (secondary N) is 1. The predicted octanol–water partition coefficient (Wildman–Crippen LogP) is -1.65. The van der Waals surface area contributed by atoms with Crippen LogP contribution in [-0.4, -0.2) is 70.6 Å². The van der Waals surface area contributed by atoms with E-state index in [4.69, 9.17) is 19.3 Å². The van der Waals surface area contributed by atoms with Crippen molar-refractivity contribution in [2.45, 2.75) is 43.9 Å². The van der Waals surface area contributed by atoms with Crippen LogP contribution in [0.25, 0.3) is 0 Å². The van der Waals surface area contributed by atoms with Crippen LogP contribution in [0.5, 0.6) is 5.75 Å². The van der Waals surface area contributed by atoms with Gasteiger partial charge in [0.05, 0.1) is 6.61 Å². The van der Waals surface area contributed by atoms with Crippen LogP contribution >= 0.6 is 0 Å². The van der Waals surface area contributed by atoms with Crippen molar-refractivity contribution < 1.29 is 44.2 Å². The van der Waals surface area contributed by atoms with E-state index in [2.05, 4.69) is 5.32 Å². The zero-order chi connectivity index (χ0) is 19.3. The van der Waals surface area contributed by atoms with E-state index in [1.54, 1.807) is 18.2 Å². The Morgan fingerprint density at radius 2 is 2.00 bits per heavy atom. The molecular weight excluding hydrogens is 350 g/mol. The van der Waals surface area contributed by atoms with Gasteiger partial charge in [-0.25, -0.2) is 4.79 Å². The van der Waals surface area contributed by atoms with E-state index >= 15 is 0 Å². The highest BCUT2D eigenvalue weighted by Crippen LogP contribution is 2.27. The summed E-state index contributed by atoms with van der Waals surface area (Å²) in [6.07, 6.45) is -8.03. The Morgan fingerprint density at radius 3 is 2.62 bits per heavy atom. The standard InChI is InChI=1S/C16H21NO9/c1-24-6-8-2-3-10(9(4-8)5-17-7-18)25-16-13(21)11(19)12(20)14(26-16)15(22)23/h2-4,7,11-14,16,19-21H,5-6H2,1H3,(H,17,18)(H,22,23). The SMILES string of the molecule is COCc1ccc(OC2OC(C(=O)O)C(O)C(O)C2O)c(CNC=O)c1. The molecule has 10 nitrogen and oxygen atoms in total. The van der Waals surface area contributed by atoms with Gasteiger partial charge in [0, 0.05) is 19.2 Å². The summed E-state index contributed by atoms with van der Waals surface area (Å²) < 4.78 is 15.7. The maximum absolute atomic E-state index is 11.1. The van der Waals surface area contributed by atoms with Crippen molar-refractivity contribution in [1.29, 1.82) is 0 Å². The lowest BCUT2D eigenvalue weighted by atomic mass is 9.99. The van der Waals surface area contributed by atoms with Crippen LogP contribution in [0.4, 0.5) is 0 Å². The second kappa shape index (κ2) is 8.92. The number of hydrogen-bond donors (Lipinski definition) is 5. The number of rotatable bonds is 8. The van der Waals surface area contributed by atoms with Gasteiger partial charge in [-0.15, -0.1) is 0 Å². The minimum absolute atomic E-state index is 0.104. The first-order valence-electron chi connectivity index (χ1n) is 7.76. The lowest BCUT2D eigenvalue weighted by Gasteiger charge is -2.38. The van der Waals surface area contributed by atoms with Crippen molar-refractivity contribution in [2.75, 3.05) is 7.11 Å². The van der Waals surface area contributed by atoms with Gasteiger partial charge in [0.15, 0.2) is 6.10 Å². The summed E-state index contributed by atoms with van der Waals surface area (Å²) in [5, 5.41) is 41.1. The van der Waals surface area contributed by atoms with Crippen molar-refractivity contribution in [3.05, 3.63) is 29.3 Å². The average molecular weight is 371 g/mol. The van der Waals surface area contributed by atoms with Gasteiger partial charge in [-0.2, -0.15) is 0 Å². The largest absolute Gasteiger partial charge is 0.479 e. The molecule has 144 valence electrons. The van der Waals surface area contributed by atoms with Gasteiger partial charge >= 0.3 is 5.97 Å². The first-order valence-corrected chi connectivity index (χ1v) is 7.76. The van der Waals surface area contributed by atoms with Crippen LogP contribution in [0.3, 0.4) is 0 Å². The maximum atomic E-state index is 11.1. The monoisotopic (exact) mass is 371 g/mol. The number of amides is 1. The molecule has 0 bridgehead atoms. The van der Waals surface area contributed by atoms with E-state index in [1.165, 1.54) is 7.11 Å². The lowest BCUT2D eigenvalue weighted by molar-refractivity contribution is -0.271. The summed E-state index contributed by atoms with van der Waals surface area (Å²) in [7, 11) is 1.53. The number of ether oxygens (including phenoxy) is 3. The molecule has 26 heavy (non-hydrogen) atoms. The van der Waals surface area contributed by atoms with E-state index < -0.39 is 36.7 Å². The number of hydrogen-bond acceptors (Lipinski definition) is 8. The summed E-state index contributed by atoms with van der Waals surface area (Å²) in [5.41, 5.74) is 1.32. The Morgan fingerprint density at radius 1 is 1.27 bits per heavy atom. The van der Waals surface area contributed by atoms with E-state index in [9.17, 15) is 24.9 Å². The molecule has 0 spiro atoms. The molecule has 0 aromatic heterocycles. The molecule has 1 aromatic rings. The molecule has 2 rings (SSSR count). The first-order chi connectivity index (χ1) is 12.4. The van der Waals surface area contributed by atoms with E-state index in [1.807, 2.05) is 0 Å². The molecule has 1 amide bonds. The number of carboxylic acids is 1. The highest BCUT2D eigenvalue weighted by molar-refractivity contribution is 5.73. The van der Waals surface area contributed by atoms with Crippen LogP contribution < -0.4 is 10.1 Å². The number of aliphatic hydroxyl groups is 3. The lowest BCUT2D eigenvalue weighted by Crippen LogP contribution is -2.61. The summed E-state index contributed by atoms with van der Waals surface area (Å²) in [4.78, 5) is 21.7. The molecule has 10 heteroatoms. The molecule has 0 aliphatic carbocycles. The first kappa shape index (κ1) is 20.1. The molecule has 5 unspecified atom stereocenters. The third kappa shape index (κ3) is 4.48. The number of carbonyl (C=O) groups excluding carboxylic acids is 1. The molecule has 1 heterocycles. The quantitative estimate of drug-likeness (QED) is 0.338. The predicted molar refractivity (Wildman–Crippen MR) is 85.0 cm³/mol. The molecule has 1 aromatic carbocycles. The van der Waals surface area contributed by atoms with E-state index in [0.717, 1.165) is 5.56 Å². The number of benzene rings is 1. The van der Waals surface area contributed by atoms with Crippen molar-refractivity contribution in [3.63, 3.8) is 0 Å². The Bertz CT molecular complexity index is 638. The zero-order valence-electron chi connectivity index (χ0n) is 13.9. The van der Waals surface area contributed by atoms with Crippen LogP contribution in [-0.2, 0) is 32.2 Å². The smallest absolute Gasteiger partial charge is 0.335 e. The van der Waals surface area contributed by atoms with E-state index in [-0.39, 0.29) is 12.3 Å². The molecule has 0 radical (unpaired) electrons. The summed E-state index contributed by atoms with van der Waals surface area (Å²) in [6, 6.07) is 4.92. The van der Waals surface area contributed by atoms with Gasteiger partial charge in [0.25, 0.3) is 0 Å². The highest BCUT2D eigenvalue weighted by Gasteiger charge is 2.48. The average Bonchev–Trinajstić information content (AvgIpc) is 2.61. The molecule has 1 aliphatic heterocycles. The third-order valence-electron chi connectivity index (χ3n) is 3.87. The van der Waals surface area contributed by atoms with Crippen molar-refractivity contribution in [2.24, 2.45) is 0 Å². The number of carbonyl (C=O) groups is 2. The second-order valence-electron chi connectivity index (χ2n) is 5.73. The molecular formula is C16H21NO9. The topological polar surface area (TPSA) is 155 Å². The van der Waals surface area contributed by atoms with Crippen LogP contribution in [0.1, 0.15) is 11.1 Å². The van der Waals surface area contributed by atoms with Crippen LogP contribution in [0.15, 0.2) is 18.2 Å². The molecule has 1 aliphatic rings. The Hall–Kier alpha value is -2.24. The molecule has 5 N–H and O–H groups in total. The number of carboxylic acid groups (broad SMARTS) is 1. The molecule has 5 atom stereocenters. The van der Waals surface area contributed by atoms with Gasteiger partial charge in [-0.1, -0.05) is 6.07 Å². The minimum atomic E-state index is -1.80. The van der Waals surface area contributed by atoms with Crippen molar-refractivity contribution >= 4 is 12.4 Å². The van der Waals surface area contributed by atoms with Gasteiger partial charge in [0.2, 0.25) is 12.7 Å².